The molecule has 1 amide bonds. The molecule has 1 aliphatic heterocycles. The SMILES string of the molecule is Cc1nnc(SCC(=O)N[C@H]2CS(=O)(=O)C[C@@H]2Cl)o1. The third kappa shape index (κ3) is 4.08. The maximum atomic E-state index is 11.7. The highest BCUT2D eigenvalue weighted by Crippen LogP contribution is 2.19. The second kappa shape index (κ2) is 5.68. The van der Waals surface area contributed by atoms with Gasteiger partial charge < -0.3 is 9.73 Å². The first kappa shape index (κ1) is 14.6. The second-order valence-corrected chi connectivity index (χ2v) is 7.78. The fourth-order valence-corrected chi connectivity index (χ4v) is 4.82. The lowest BCUT2D eigenvalue weighted by Gasteiger charge is -2.13. The molecule has 19 heavy (non-hydrogen) atoms. The topological polar surface area (TPSA) is 102 Å². The van der Waals surface area contributed by atoms with Gasteiger partial charge >= 0.3 is 0 Å². The molecule has 2 atom stereocenters. The van der Waals surface area contributed by atoms with Crippen molar-refractivity contribution in [1.29, 1.82) is 0 Å². The molecule has 2 heterocycles. The molecule has 1 aromatic heterocycles. The van der Waals surface area contributed by atoms with Crippen molar-refractivity contribution in [1.82, 2.24) is 15.5 Å². The van der Waals surface area contributed by atoms with Gasteiger partial charge in [0.05, 0.1) is 28.7 Å². The minimum Gasteiger partial charge on any atom is -0.416 e. The molecule has 2 rings (SSSR count). The molecular formula is C9H12ClN3O4S2. The Kier molecular flexibility index (Phi) is 4.36. The monoisotopic (exact) mass is 325 g/mol. The summed E-state index contributed by atoms with van der Waals surface area (Å²) in [7, 11) is -3.15. The van der Waals surface area contributed by atoms with E-state index in [4.69, 9.17) is 16.0 Å². The largest absolute Gasteiger partial charge is 0.416 e. The summed E-state index contributed by atoms with van der Waals surface area (Å²) in [4.78, 5) is 11.7. The first-order valence-electron chi connectivity index (χ1n) is 5.42. The molecule has 0 spiro atoms. The first-order valence-corrected chi connectivity index (χ1v) is 8.67. The molecule has 1 saturated heterocycles. The molecule has 1 aliphatic rings. The van der Waals surface area contributed by atoms with Gasteiger partial charge in [-0.1, -0.05) is 11.8 Å². The van der Waals surface area contributed by atoms with E-state index in [1.165, 1.54) is 0 Å². The van der Waals surface area contributed by atoms with E-state index in [1.807, 2.05) is 0 Å². The molecule has 1 N–H and O–H groups in total. The van der Waals surface area contributed by atoms with Crippen LogP contribution in [0.3, 0.4) is 0 Å². The quantitative estimate of drug-likeness (QED) is 0.613. The Morgan fingerprint density at radius 1 is 1.53 bits per heavy atom. The molecule has 7 nitrogen and oxygen atoms in total. The fraction of sp³-hybridized carbons (Fsp3) is 0.667. The number of aryl methyl sites for hydroxylation is 1. The summed E-state index contributed by atoms with van der Waals surface area (Å²) >= 11 is 6.97. The van der Waals surface area contributed by atoms with Crippen LogP contribution in [0.2, 0.25) is 0 Å². The van der Waals surface area contributed by atoms with Crippen molar-refractivity contribution in [2.24, 2.45) is 0 Å². The van der Waals surface area contributed by atoms with Gasteiger partial charge in [0.1, 0.15) is 0 Å². The number of nitrogens with one attached hydrogen (secondary N) is 1. The van der Waals surface area contributed by atoms with E-state index >= 15 is 0 Å². The van der Waals surface area contributed by atoms with Crippen LogP contribution in [0.5, 0.6) is 0 Å². The highest BCUT2D eigenvalue weighted by atomic mass is 35.5. The molecule has 0 radical (unpaired) electrons. The number of thioether (sulfide) groups is 1. The molecule has 0 unspecified atom stereocenters. The molecular weight excluding hydrogens is 314 g/mol. The van der Waals surface area contributed by atoms with Crippen molar-refractivity contribution < 1.29 is 17.6 Å². The number of amides is 1. The van der Waals surface area contributed by atoms with Gasteiger partial charge in [-0.3, -0.25) is 4.79 Å². The Hall–Kier alpha value is -0.800. The standard InChI is InChI=1S/C9H12ClN3O4S2/c1-5-12-13-9(17-5)18-2-8(14)11-7-4-19(15,16)3-6(7)10/h6-7H,2-4H2,1H3,(H,11,14)/t6-,7-/m0/s1. The Labute approximate surface area is 119 Å². The van der Waals surface area contributed by atoms with E-state index in [9.17, 15) is 13.2 Å². The molecule has 0 aliphatic carbocycles. The fourth-order valence-electron chi connectivity index (χ4n) is 1.65. The summed E-state index contributed by atoms with van der Waals surface area (Å²) < 4.78 is 27.8. The van der Waals surface area contributed by atoms with Crippen LogP contribution in [-0.2, 0) is 14.6 Å². The lowest BCUT2D eigenvalue weighted by Crippen LogP contribution is -2.41. The second-order valence-electron chi connectivity index (χ2n) is 4.14. The van der Waals surface area contributed by atoms with Crippen molar-refractivity contribution in [3.8, 4) is 0 Å². The first-order chi connectivity index (χ1) is 8.85. The Morgan fingerprint density at radius 3 is 2.79 bits per heavy atom. The van der Waals surface area contributed by atoms with Gasteiger partial charge in [0.25, 0.3) is 5.22 Å². The van der Waals surface area contributed by atoms with Gasteiger partial charge in [-0.2, -0.15) is 0 Å². The highest BCUT2D eigenvalue weighted by molar-refractivity contribution is 7.99. The number of hydrogen-bond acceptors (Lipinski definition) is 7. The number of nitrogens with zero attached hydrogens (tertiary/aromatic N) is 2. The number of carbonyl (C=O) groups excluding carboxylic acids is 1. The molecule has 10 heteroatoms. The number of rotatable bonds is 4. The van der Waals surface area contributed by atoms with E-state index in [2.05, 4.69) is 15.5 Å². The summed E-state index contributed by atoms with van der Waals surface area (Å²) in [5, 5.41) is 9.68. The van der Waals surface area contributed by atoms with Crippen LogP contribution in [0.1, 0.15) is 5.89 Å². The van der Waals surface area contributed by atoms with Gasteiger partial charge in [0, 0.05) is 6.92 Å². The van der Waals surface area contributed by atoms with E-state index in [0.29, 0.717) is 11.1 Å². The third-order valence-corrected chi connectivity index (χ3v) is 5.66. The Balaban J connectivity index is 1.82. The van der Waals surface area contributed by atoms with Gasteiger partial charge in [-0.05, 0) is 0 Å². The van der Waals surface area contributed by atoms with Crippen LogP contribution in [0.25, 0.3) is 0 Å². The molecule has 0 aromatic carbocycles. The average molecular weight is 326 g/mol. The molecule has 0 bridgehead atoms. The van der Waals surface area contributed by atoms with Crippen molar-refractivity contribution in [3.63, 3.8) is 0 Å². The summed E-state index contributed by atoms with van der Waals surface area (Å²) in [5.74, 6) is -0.0339. The van der Waals surface area contributed by atoms with Crippen LogP contribution in [0.4, 0.5) is 0 Å². The van der Waals surface area contributed by atoms with Crippen molar-refractivity contribution in [3.05, 3.63) is 5.89 Å². The molecule has 106 valence electrons. The molecule has 1 aromatic rings. The van der Waals surface area contributed by atoms with Crippen molar-refractivity contribution >= 4 is 39.1 Å². The van der Waals surface area contributed by atoms with Crippen LogP contribution in [-0.4, -0.2) is 53.2 Å². The summed E-state index contributed by atoms with van der Waals surface area (Å²) in [6.07, 6.45) is 0. The lowest BCUT2D eigenvalue weighted by molar-refractivity contribution is -0.119. The maximum absolute atomic E-state index is 11.7. The Morgan fingerprint density at radius 2 is 2.26 bits per heavy atom. The maximum Gasteiger partial charge on any atom is 0.277 e. The van der Waals surface area contributed by atoms with Gasteiger partial charge in [-0.15, -0.1) is 21.8 Å². The molecule has 1 fully saturated rings. The number of alkyl halides is 1. The zero-order valence-corrected chi connectivity index (χ0v) is 12.4. The summed E-state index contributed by atoms with van der Waals surface area (Å²) in [5.41, 5.74) is 0. The number of carbonyl (C=O) groups is 1. The molecule has 0 saturated carbocycles. The minimum absolute atomic E-state index is 0.0712. The van der Waals surface area contributed by atoms with E-state index in [-0.39, 0.29) is 23.2 Å². The smallest absolute Gasteiger partial charge is 0.277 e. The van der Waals surface area contributed by atoms with Gasteiger partial charge in [0.2, 0.25) is 11.8 Å². The normalized spacial score (nSPS) is 25.4. The van der Waals surface area contributed by atoms with Crippen LogP contribution in [0, 0.1) is 6.92 Å². The number of hydrogen-bond donors (Lipinski definition) is 1. The van der Waals surface area contributed by atoms with Gasteiger partial charge in [-0.25, -0.2) is 8.42 Å². The highest BCUT2D eigenvalue weighted by Gasteiger charge is 2.37. The van der Waals surface area contributed by atoms with E-state index < -0.39 is 21.3 Å². The van der Waals surface area contributed by atoms with Crippen LogP contribution < -0.4 is 5.32 Å². The third-order valence-electron chi connectivity index (χ3n) is 2.46. The van der Waals surface area contributed by atoms with Crippen molar-refractivity contribution in [2.75, 3.05) is 17.3 Å². The van der Waals surface area contributed by atoms with Gasteiger partial charge in [0.15, 0.2) is 9.84 Å². The minimum atomic E-state index is -3.15. The Bertz CT molecular complexity index is 574. The summed E-state index contributed by atoms with van der Waals surface area (Å²) in [6.45, 7) is 1.65. The van der Waals surface area contributed by atoms with Crippen LogP contribution >= 0.6 is 23.4 Å². The van der Waals surface area contributed by atoms with Crippen LogP contribution in [0.15, 0.2) is 9.64 Å². The number of sulfone groups is 1. The number of aromatic nitrogens is 2. The predicted octanol–water partition coefficient (Wildman–Crippen LogP) is -0.00928. The van der Waals surface area contributed by atoms with Crippen molar-refractivity contribution in [2.45, 2.75) is 23.6 Å². The van der Waals surface area contributed by atoms with E-state index in [0.717, 1.165) is 11.8 Å². The summed E-state index contributed by atoms with van der Waals surface area (Å²) in [6, 6.07) is -0.538. The zero-order valence-electron chi connectivity index (χ0n) is 10.00. The lowest BCUT2D eigenvalue weighted by atomic mass is 10.2. The average Bonchev–Trinajstić information content (AvgIpc) is 2.80. The van der Waals surface area contributed by atoms with E-state index in [1.54, 1.807) is 6.92 Å². The predicted molar refractivity (Wildman–Crippen MR) is 70.0 cm³/mol. The number of halogens is 1. The zero-order chi connectivity index (χ0) is 14.0.